The average molecular weight is 398 g/mol. The normalized spacial score (nSPS) is 11.1. The lowest BCUT2D eigenvalue weighted by atomic mass is 10.1. The summed E-state index contributed by atoms with van der Waals surface area (Å²) >= 11 is 7.59. The van der Waals surface area contributed by atoms with E-state index in [4.69, 9.17) is 11.6 Å². The Balaban J connectivity index is 1.52. The van der Waals surface area contributed by atoms with Gasteiger partial charge in [0.05, 0.1) is 5.02 Å². The van der Waals surface area contributed by atoms with Crippen molar-refractivity contribution in [1.82, 2.24) is 15.8 Å². The zero-order chi connectivity index (χ0) is 19.1. The van der Waals surface area contributed by atoms with Crippen LogP contribution in [0.1, 0.15) is 31.3 Å². The van der Waals surface area contributed by atoms with Gasteiger partial charge in [-0.1, -0.05) is 29.8 Å². The predicted octanol–water partition coefficient (Wildman–Crippen LogP) is 4.73. The van der Waals surface area contributed by atoms with Crippen molar-refractivity contribution in [3.63, 3.8) is 0 Å². The van der Waals surface area contributed by atoms with E-state index in [9.17, 15) is 9.59 Å². The van der Waals surface area contributed by atoms with E-state index in [1.165, 1.54) is 11.3 Å². The third kappa shape index (κ3) is 3.07. The van der Waals surface area contributed by atoms with E-state index in [0.717, 1.165) is 32.2 Å². The molecule has 2 amide bonds. The summed E-state index contributed by atoms with van der Waals surface area (Å²) in [5.74, 6) is -0.829. The molecule has 4 aromatic rings. The Morgan fingerprint density at radius 1 is 1.00 bits per heavy atom. The topological polar surface area (TPSA) is 74.0 Å². The van der Waals surface area contributed by atoms with Crippen molar-refractivity contribution in [2.24, 2.45) is 0 Å². The van der Waals surface area contributed by atoms with Crippen molar-refractivity contribution >= 4 is 55.7 Å². The first kappa shape index (κ1) is 17.6. The van der Waals surface area contributed by atoms with Crippen LogP contribution in [0.2, 0.25) is 5.02 Å². The van der Waals surface area contributed by atoms with E-state index >= 15 is 0 Å². The quantitative estimate of drug-likeness (QED) is 0.428. The first-order valence-electron chi connectivity index (χ1n) is 8.32. The summed E-state index contributed by atoms with van der Waals surface area (Å²) in [6.07, 6.45) is 0. The highest BCUT2D eigenvalue weighted by Crippen LogP contribution is 2.34. The van der Waals surface area contributed by atoms with Crippen LogP contribution in [0, 0.1) is 13.8 Å². The number of hydrogen-bond donors (Lipinski definition) is 3. The van der Waals surface area contributed by atoms with Crippen LogP contribution in [-0.4, -0.2) is 16.8 Å². The van der Waals surface area contributed by atoms with E-state index in [2.05, 4.69) is 15.8 Å². The molecular weight excluding hydrogens is 382 g/mol. The van der Waals surface area contributed by atoms with E-state index in [-0.39, 0.29) is 5.91 Å². The SMILES string of the molecule is Cc1[nH]c2ccc(C(=O)NNC(=O)c3sc4ccccc4c3Cl)cc2c1C. The van der Waals surface area contributed by atoms with Crippen molar-refractivity contribution in [2.45, 2.75) is 13.8 Å². The lowest BCUT2D eigenvalue weighted by molar-refractivity contribution is 0.0849. The maximum atomic E-state index is 12.4. The highest BCUT2D eigenvalue weighted by Gasteiger charge is 2.18. The third-order valence-electron chi connectivity index (χ3n) is 4.60. The lowest BCUT2D eigenvalue weighted by Gasteiger charge is -2.07. The number of benzene rings is 2. The molecule has 3 N–H and O–H groups in total. The summed E-state index contributed by atoms with van der Waals surface area (Å²) in [5.41, 5.74) is 8.51. The number of carbonyl (C=O) groups is 2. The number of rotatable bonds is 2. The fourth-order valence-corrected chi connectivity index (χ4v) is 4.42. The molecule has 2 aromatic carbocycles. The van der Waals surface area contributed by atoms with Gasteiger partial charge in [-0.2, -0.15) is 0 Å². The molecule has 0 saturated heterocycles. The Kier molecular flexibility index (Phi) is 4.37. The van der Waals surface area contributed by atoms with Gasteiger partial charge in [-0.25, -0.2) is 0 Å². The first-order valence-corrected chi connectivity index (χ1v) is 9.52. The number of aromatic amines is 1. The molecule has 0 aliphatic rings. The van der Waals surface area contributed by atoms with E-state index in [1.54, 1.807) is 6.07 Å². The molecule has 0 fully saturated rings. The van der Waals surface area contributed by atoms with Gasteiger partial charge in [0.15, 0.2) is 0 Å². The molecule has 0 atom stereocenters. The molecule has 2 heterocycles. The van der Waals surface area contributed by atoms with Crippen LogP contribution < -0.4 is 10.9 Å². The van der Waals surface area contributed by atoms with E-state index in [0.29, 0.717) is 15.5 Å². The Bertz CT molecular complexity index is 1210. The summed E-state index contributed by atoms with van der Waals surface area (Å²) < 4.78 is 0.919. The van der Waals surface area contributed by atoms with Gasteiger partial charge in [-0.05, 0) is 43.7 Å². The second-order valence-corrected chi connectivity index (χ2v) is 7.72. The zero-order valence-electron chi connectivity index (χ0n) is 14.6. The van der Waals surface area contributed by atoms with Gasteiger partial charge in [0, 0.05) is 32.2 Å². The monoisotopic (exact) mass is 397 g/mol. The van der Waals surface area contributed by atoms with Crippen LogP contribution >= 0.6 is 22.9 Å². The molecular formula is C20H16ClN3O2S. The molecule has 0 saturated carbocycles. The van der Waals surface area contributed by atoms with Crippen molar-refractivity contribution in [3.05, 3.63) is 69.2 Å². The van der Waals surface area contributed by atoms with Gasteiger partial charge in [0.1, 0.15) is 4.88 Å². The molecule has 7 heteroatoms. The number of aromatic nitrogens is 1. The average Bonchev–Trinajstić information content (AvgIpc) is 3.16. The molecule has 5 nitrogen and oxygen atoms in total. The fraction of sp³-hybridized carbons (Fsp3) is 0.100. The number of H-pyrrole nitrogens is 1. The Labute approximate surface area is 164 Å². The van der Waals surface area contributed by atoms with Crippen molar-refractivity contribution in [2.75, 3.05) is 0 Å². The van der Waals surface area contributed by atoms with Crippen LogP contribution in [-0.2, 0) is 0 Å². The zero-order valence-corrected chi connectivity index (χ0v) is 16.2. The number of hydrazine groups is 1. The number of amides is 2. The molecule has 136 valence electrons. The highest BCUT2D eigenvalue weighted by atomic mass is 35.5. The van der Waals surface area contributed by atoms with Crippen LogP contribution in [0.25, 0.3) is 21.0 Å². The minimum atomic E-state index is -0.440. The van der Waals surface area contributed by atoms with Gasteiger partial charge >= 0.3 is 0 Å². The summed E-state index contributed by atoms with van der Waals surface area (Å²) in [4.78, 5) is 28.5. The number of hydrogen-bond acceptors (Lipinski definition) is 3. The van der Waals surface area contributed by atoms with Crippen molar-refractivity contribution in [1.29, 1.82) is 0 Å². The number of nitrogens with one attached hydrogen (secondary N) is 3. The second kappa shape index (κ2) is 6.72. The van der Waals surface area contributed by atoms with Crippen LogP contribution in [0.15, 0.2) is 42.5 Å². The second-order valence-electron chi connectivity index (χ2n) is 6.28. The standard InChI is InChI=1S/C20H16ClN3O2S/c1-10-11(2)22-15-8-7-12(9-14(10)15)19(25)23-24-20(26)18-17(21)13-5-3-4-6-16(13)27-18/h3-9,22H,1-2H3,(H,23,25)(H,24,26). The number of fused-ring (bicyclic) bond motifs is 2. The molecule has 0 aliphatic heterocycles. The Morgan fingerprint density at radius 3 is 2.52 bits per heavy atom. The maximum Gasteiger partial charge on any atom is 0.281 e. The molecule has 4 rings (SSSR count). The molecule has 0 bridgehead atoms. The number of carbonyl (C=O) groups excluding carboxylic acids is 2. The fourth-order valence-electron chi connectivity index (χ4n) is 3.01. The van der Waals surface area contributed by atoms with Gasteiger partial charge in [-0.3, -0.25) is 20.4 Å². The largest absolute Gasteiger partial charge is 0.358 e. The predicted molar refractivity (Wildman–Crippen MR) is 110 cm³/mol. The highest BCUT2D eigenvalue weighted by molar-refractivity contribution is 7.21. The van der Waals surface area contributed by atoms with Gasteiger partial charge in [0.2, 0.25) is 0 Å². The van der Waals surface area contributed by atoms with Gasteiger partial charge in [-0.15, -0.1) is 11.3 Å². The number of halogens is 1. The van der Waals surface area contributed by atoms with Crippen molar-refractivity contribution < 1.29 is 9.59 Å². The minimum Gasteiger partial charge on any atom is -0.358 e. The van der Waals surface area contributed by atoms with Crippen LogP contribution in [0.5, 0.6) is 0 Å². The molecule has 0 unspecified atom stereocenters. The smallest absolute Gasteiger partial charge is 0.281 e. The number of aryl methyl sites for hydroxylation is 2. The summed E-state index contributed by atoms with van der Waals surface area (Å²) in [6, 6.07) is 12.9. The lowest BCUT2D eigenvalue weighted by Crippen LogP contribution is -2.41. The maximum absolute atomic E-state index is 12.4. The Hall–Kier alpha value is -2.83. The van der Waals surface area contributed by atoms with Gasteiger partial charge < -0.3 is 4.98 Å². The first-order chi connectivity index (χ1) is 13.0. The minimum absolute atomic E-state index is 0.366. The van der Waals surface area contributed by atoms with E-state index in [1.807, 2.05) is 50.2 Å². The van der Waals surface area contributed by atoms with Crippen LogP contribution in [0.4, 0.5) is 0 Å². The number of thiophene rings is 1. The summed E-state index contributed by atoms with van der Waals surface area (Å²) in [5, 5.41) is 2.20. The molecule has 0 aliphatic carbocycles. The van der Waals surface area contributed by atoms with E-state index < -0.39 is 5.91 Å². The molecule has 2 aromatic heterocycles. The molecule has 0 spiro atoms. The summed E-state index contributed by atoms with van der Waals surface area (Å²) in [7, 11) is 0. The van der Waals surface area contributed by atoms with Crippen molar-refractivity contribution in [3.8, 4) is 0 Å². The molecule has 27 heavy (non-hydrogen) atoms. The van der Waals surface area contributed by atoms with Gasteiger partial charge in [0.25, 0.3) is 11.8 Å². The van der Waals surface area contributed by atoms with Crippen LogP contribution in [0.3, 0.4) is 0 Å². The molecule has 0 radical (unpaired) electrons. The Morgan fingerprint density at radius 2 is 1.74 bits per heavy atom. The summed E-state index contributed by atoms with van der Waals surface area (Å²) in [6.45, 7) is 3.99. The third-order valence-corrected chi connectivity index (χ3v) is 6.28.